The summed E-state index contributed by atoms with van der Waals surface area (Å²) in [5.41, 5.74) is 0.269. The van der Waals surface area contributed by atoms with Crippen LogP contribution in [0.5, 0.6) is 0 Å². The molecule has 0 aromatic rings. The van der Waals surface area contributed by atoms with E-state index in [0.717, 1.165) is 43.3 Å². The van der Waals surface area contributed by atoms with Gasteiger partial charge in [-0.15, -0.1) is 0 Å². The first-order valence-electron chi connectivity index (χ1n) is 10.3. The molecule has 0 spiro atoms. The first-order valence-corrected chi connectivity index (χ1v) is 10.3. The largest absolute Gasteiger partial charge is 0.374 e. The molecule has 4 fully saturated rings. The molecule has 142 valence electrons. The van der Waals surface area contributed by atoms with E-state index in [9.17, 15) is 0 Å². The van der Waals surface area contributed by atoms with E-state index in [1.165, 1.54) is 38.5 Å². The quantitative estimate of drug-likeness (QED) is 0.627. The minimum Gasteiger partial charge on any atom is -0.374 e. The maximum absolute atomic E-state index is 6.12. The average molecular weight is 349 g/mol. The van der Waals surface area contributed by atoms with Crippen LogP contribution in [0, 0.1) is 17.8 Å². The monoisotopic (exact) mass is 348 g/mol. The molecule has 0 aromatic carbocycles. The summed E-state index contributed by atoms with van der Waals surface area (Å²) in [5.74, 6) is 3.39. The van der Waals surface area contributed by atoms with Crippen LogP contribution in [0.25, 0.3) is 0 Å². The Morgan fingerprint density at radius 1 is 1.20 bits per heavy atom. The summed E-state index contributed by atoms with van der Waals surface area (Å²) < 4.78 is 6.12. The molecular formula is C20H36N4O. The lowest BCUT2D eigenvalue weighted by Crippen LogP contribution is -2.56. The Balaban J connectivity index is 1.39. The fourth-order valence-corrected chi connectivity index (χ4v) is 6.07. The average Bonchev–Trinajstić information content (AvgIpc) is 3.28. The molecule has 1 saturated carbocycles. The highest BCUT2D eigenvalue weighted by Gasteiger charge is 2.53. The van der Waals surface area contributed by atoms with Crippen molar-refractivity contribution in [1.29, 1.82) is 0 Å². The molecule has 25 heavy (non-hydrogen) atoms. The van der Waals surface area contributed by atoms with Gasteiger partial charge in [0.2, 0.25) is 0 Å². The van der Waals surface area contributed by atoms with Gasteiger partial charge in [0.1, 0.15) is 0 Å². The zero-order chi connectivity index (χ0) is 17.6. The van der Waals surface area contributed by atoms with Gasteiger partial charge in [-0.05, 0) is 45.7 Å². The van der Waals surface area contributed by atoms with Crippen molar-refractivity contribution in [2.24, 2.45) is 22.7 Å². The summed E-state index contributed by atoms with van der Waals surface area (Å²) in [5, 5.41) is 3.76. The Kier molecular flexibility index (Phi) is 4.74. The topological polar surface area (TPSA) is 40.1 Å². The molecule has 0 radical (unpaired) electrons. The number of nitrogens with one attached hydrogen (secondary N) is 1. The second-order valence-electron chi connectivity index (χ2n) is 9.24. The van der Waals surface area contributed by atoms with E-state index >= 15 is 0 Å². The first-order chi connectivity index (χ1) is 12.0. The SMILES string of the molecule is CN=C(NCC1(N(C)C)CCCC(C)C1)N1CC2C3CCC(O3)C2C1. The highest BCUT2D eigenvalue weighted by molar-refractivity contribution is 5.80. The van der Waals surface area contributed by atoms with Gasteiger partial charge in [0.15, 0.2) is 5.96 Å². The van der Waals surface area contributed by atoms with Gasteiger partial charge in [0.05, 0.1) is 12.2 Å². The summed E-state index contributed by atoms with van der Waals surface area (Å²) >= 11 is 0. The standard InChI is InChI=1S/C20H36N4O/c1-14-6-5-9-20(10-14,23(3)4)13-22-19(21-2)24-11-15-16(12-24)18-8-7-17(15)25-18/h14-18H,5-13H2,1-4H3,(H,21,22). The summed E-state index contributed by atoms with van der Waals surface area (Å²) in [6.45, 7) is 5.66. The van der Waals surface area contributed by atoms with Crippen LogP contribution in [-0.4, -0.2) is 74.3 Å². The van der Waals surface area contributed by atoms with E-state index in [4.69, 9.17) is 4.74 Å². The van der Waals surface area contributed by atoms with Crippen LogP contribution in [0.4, 0.5) is 0 Å². The zero-order valence-electron chi connectivity index (χ0n) is 16.5. The Bertz CT molecular complexity index is 504. The predicted octanol–water partition coefficient (Wildman–Crippen LogP) is 2.18. The highest BCUT2D eigenvalue weighted by Crippen LogP contribution is 2.47. The van der Waals surface area contributed by atoms with Gasteiger partial charge in [-0.25, -0.2) is 0 Å². The molecule has 6 atom stereocenters. The van der Waals surface area contributed by atoms with Crippen molar-refractivity contribution >= 4 is 5.96 Å². The predicted molar refractivity (Wildman–Crippen MR) is 102 cm³/mol. The molecule has 3 saturated heterocycles. The molecule has 5 nitrogen and oxygen atoms in total. The van der Waals surface area contributed by atoms with E-state index in [-0.39, 0.29) is 5.54 Å². The second kappa shape index (κ2) is 6.73. The van der Waals surface area contributed by atoms with Crippen LogP contribution in [0.15, 0.2) is 4.99 Å². The molecule has 1 N–H and O–H groups in total. The van der Waals surface area contributed by atoms with Crippen LogP contribution in [0.1, 0.15) is 45.4 Å². The fraction of sp³-hybridized carbons (Fsp3) is 0.950. The molecule has 3 aliphatic heterocycles. The molecular weight excluding hydrogens is 312 g/mol. The third-order valence-corrected chi connectivity index (χ3v) is 7.56. The number of likely N-dealkylation sites (tertiary alicyclic amines) is 1. The minimum absolute atomic E-state index is 0.269. The van der Waals surface area contributed by atoms with Crippen molar-refractivity contribution in [2.75, 3.05) is 40.8 Å². The summed E-state index contributed by atoms with van der Waals surface area (Å²) in [4.78, 5) is 9.59. The van der Waals surface area contributed by atoms with E-state index in [2.05, 4.69) is 41.1 Å². The van der Waals surface area contributed by atoms with E-state index < -0.39 is 0 Å². The van der Waals surface area contributed by atoms with Gasteiger partial charge in [-0.1, -0.05) is 19.8 Å². The van der Waals surface area contributed by atoms with Crippen molar-refractivity contribution < 1.29 is 4.74 Å². The molecule has 5 heteroatoms. The molecule has 1 aliphatic carbocycles. The van der Waals surface area contributed by atoms with E-state index in [0.29, 0.717) is 12.2 Å². The fourth-order valence-electron chi connectivity index (χ4n) is 6.07. The third kappa shape index (κ3) is 3.08. The van der Waals surface area contributed by atoms with E-state index in [1.807, 2.05) is 7.05 Å². The van der Waals surface area contributed by atoms with Crippen LogP contribution in [0.2, 0.25) is 0 Å². The Morgan fingerprint density at radius 3 is 2.44 bits per heavy atom. The minimum atomic E-state index is 0.269. The maximum atomic E-state index is 6.12. The highest BCUT2D eigenvalue weighted by atomic mass is 16.5. The molecule has 6 unspecified atom stereocenters. The van der Waals surface area contributed by atoms with Gasteiger partial charge in [0, 0.05) is 44.1 Å². The summed E-state index contributed by atoms with van der Waals surface area (Å²) in [6, 6.07) is 0. The maximum Gasteiger partial charge on any atom is 0.193 e. The Labute approximate surface area is 153 Å². The normalized spacial score (nSPS) is 43.8. The number of guanidine groups is 1. The zero-order valence-corrected chi connectivity index (χ0v) is 16.5. The molecule has 4 rings (SSSR count). The van der Waals surface area contributed by atoms with Gasteiger partial charge in [0.25, 0.3) is 0 Å². The van der Waals surface area contributed by atoms with Gasteiger partial charge >= 0.3 is 0 Å². The van der Waals surface area contributed by atoms with Crippen molar-refractivity contribution in [3.8, 4) is 0 Å². The number of hydrogen-bond donors (Lipinski definition) is 1. The number of hydrogen-bond acceptors (Lipinski definition) is 3. The Hall–Kier alpha value is -0.810. The number of fused-ring (bicyclic) bond motifs is 5. The van der Waals surface area contributed by atoms with Crippen molar-refractivity contribution in [1.82, 2.24) is 15.1 Å². The van der Waals surface area contributed by atoms with Crippen LogP contribution in [0.3, 0.4) is 0 Å². The van der Waals surface area contributed by atoms with Crippen LogP contribution >= 0.6 is 0 Å². The van der Waals surface area contributed by atoms with Crippen molar-refractivity contribution in [3.05, 3.63) is 0 Å². The van der Waals surface area contributed by atoms with E-state index in [1.54, 1.807) is 0 Å². The second-order valence-corrected chi connectivity index (χ2v) is 9.24. The summed E-state index contributed by atoms with van der Waals surface area (Å²) in [7, 11) is 6.43. The lowest BCUT2D eigenvalue weighted by Gasteiger charge is -2.45. The molecule has 3 heterocycles. The van der Waals surface area contributed by atoms with Crippen molar-refractivity contribution in [2.45, 2.75) is 63.2 Å². The number of likely N-dealkylation sites (N-methyl/N-ethyl adjacent to an activating group) is 1. The third-order valence-electron chi connectivity index (χ3n) is 7.56. The van der Waals surface area contributed by atoms with Crippen LogP contribution < -0.4 is 5.32 Å². The van der Waals surface area contributed by atoms with Gasteiger partial charge in [-0.2, -0.15) is 0 Å². The number of rotatable bonds is 3. The lowest BCUT2D eigenvalue weighted by atomic mass is 9.75. The smallest absolute Gasteiger partial charge is 0.193 e. The molecule has 4 aliphatic rings. The lowest BCUT2D eigenvalue weighted by molar-refractivity contribution is 0.0738. The van der Waals surface area contributed by atoms with Gasteiger partial charge in [-0.3, -0.25) is 4.99 Å². The van der Waals surface area contributed by atoms with Crippen molar-refractivity contribution in [3.63, 3.8) is 0 Å². The first kappa shape index (κ1) is 17.6. The number of ether oxygens (including phenoxy) is 1. The molecule has 0 amide bonds. The van der Waals surface area contributed by atoms with Crippen LogP contribution in [-0.2, 0) is 4.74 Å². The molecule has 2 bridgehead atoms. The molecule has 0 aromatic heterocycles. The number of nitrogens with zero attached hydrogens (tertiary/aromatic N) is 3. The van der Waals surface area contributed by atoms with Gasteiger partial charge < -0.3 is 19.9 Å². The number of aliphatic imine (C=N–C) groups is 1. The Morgan fingerprint density at radius 2 is 1.88 bits per heavy atom. The summed E-state index contributed by atoms with van der Waals surface area (Å²) in [6.07, 6.45) is 8.87.